The fraction of sp³-hybridized carbons (Fsp3) is 0.562. The Bertz CT molecular complexity index is 381. The van der Waals surface area contributed by atoms with Crippen LogP contribution in [0.3, 0.4) is 0 Å². The SMILES string of the molecule is COC[C@H](C)NCC(=O)N[C@H](C)CCc1ccccc1. The second-order valence-corrected chi connectivity index (χ2v) is 5.23. The van der Waals surface area contributed by atoms with Crippen molar-refractivity contribution in [2.24, 2.45) is 0 Å². The number of nitrogens with one attached hydrogen (secondary N) is 2. The van der Waals surface area contributed by atoms with Crippen molar-refractivity contribution in [3.05, 3.63) is 35.9 Å². The highest BCUT2D eigenvalue weighted by molar-refractivity contribution is 5.78. The van der Waals surface area contributed by atoms with Gasteiger partial charge in [-0.25, -0.2) is 0 Å². The minimum absolute atomic E-state index is 0.0357. The number of carbonyl (C=O) groups excluding carboxylic acids is 1. The summed E-state index contributed by atoms with van der Waals surface area (Å²) in [6, 6.07) is 10.7. The van der Waals surface area contributed by atoms with E-state index in [2.05, 4.69) is 22.8 Å². The van der Waals surface area contributed by atoms with Gasteiger partial charge >= 0.3 is 0 Å². The molecule has 0 aliphatic carbocycles. The highest BCUT2D eigenvalue weighted by Crippen LogP contribution is 2.04. The fourth-order valence-corrected chi connectivity index (χ4v) is 2.00. The number of aryl methyl sites for hydroxylation is 1. The quantitative estimate of drug-likeness (QED) is 0.723. The molecule has 0 bridgehead atoms. The van der Waals surface area contributed by atoms with Gasteiger partial charge in [-0.1, -0.05) is 30.3 Å². The first-order valence-corrected chi connectivity index (χ1v) is 7.17. The minimum atomic E-state index is 0.0357. The van der Waals surface area contributed by atoms with Crippen molar-refractivity contribution in [3.63, 3.8) is 0 Å². The summed E-state index contributed by atoms with van der Waals surface area (Å²) in [5.74, 6) is 0.0357. The van der Waals surface area contributed by atoms with Gasteiger partial charge in [0.05, 0.1) is 13.2 Å². The molecule has 0 unspecified atom stereocenters. The summed E-state index contributed by atoms with van der Waals surface area (Å²) in [5, 5.41) is 6.13. The summed E-state index contributed by atoms with van der Waals surface area (Å²) in [5.41, 5.74) is 1.31. The number of methoxy groups -OCH3 is 1. The minimum Gasteiger partial charge on any atom is -0.383 e. The first-order chi connectivity index (χ1) is 9.61. The van der Waals surface area contributed by atoms with Gasteiger partial charge < -0.3 is 15.4 Å². The number of ether oxygens (including phenoxy) is 1. The Morgan fingerprint density at radius 1 is 1.20 bits per heavy atom. The highest BCUT2D eigenvalue weighted by Gasteiger charge is 2.09. The number of hydrogen-bond acceptors (Lipinski definition) is 3. The molecule has 0 aliphatic heterocycles. The molecule has 1 aromatic rings. The van der Waals surface area contributed by atoms with E-state index in [9.17, 15) is 4.79 Å². The van der Waals surface area contributed by atoms with Crippen LogP contribution < -0.4 is 10.6 Å². The van der Waals surface area contributed by atoms with Gasteiger partial charge in [0.2, 0.25) is 5.91 Å². The van der Waals surface area contributed by atoms with E-state index in [0.717, 1.165) is 12.8 Å². The zero-order valence-electron chi connectivity index (χ0n) is 12.7. The van der Waals surface area contributed by atoms with E-state index in [0.29, 0.717) is 13.2 Å². The largest absolute Gasteiger partial charge is 0.383 e. The number of rotatable bonds is 9. The molecule has 0 saturated heterocycles. The van der Waals surface area contributed by atoms with Gasteiger partial charge in [-0.15, -0.1) is 0 Å². The number of benzene rings is 1. The van der Waals surface area contributed by atoms with E-state index in [1.165, 1.54) is 5.56 Å². The lowest BCUT2D eigenvalue weighted by Gasteiger charge is -2.16. The third-order valence-electron chi connectivity index (χ3n) is 3.14. The third kappa shape index (κ3) is 7.26. The van der Waals surface area contributed by atoms with Crippen LogP contribution in [-0.4, -0.2) is 38.3 Å². The van der Waals surface area contributed by atoms with Gasteiger partial charge in [0.25, 0.3) is 0 Å². The Hall–Kier alpha value is -1.39. The Morgan fingerprint density at radius 2 is 1.90 bits per heavy atom. The smallest absolute Gasteiger partial charge is 0.234 e. The Kier molecular flexibility index (Phi) is 7.92. The standard InChI is InChI=1S/C16H26N2O2/c1-13(9-10-15-7-5-4-6-8-15)18-16(19)11-17-14(2)12-20-3/h4-8,13-14,17H,9-12H2,1-3H3,(H,18,19)/t13-,14+/m1/s1. The second kappa shape index (κ2) is 9.50. The number of carbonyl (C=O) groups is 1. The van der Waals surface area contributed by atoms with Crippen molar-refractivity contribution in [3.8, 4) is 0 Å². The lowest BCUT2D eigenvalue weighted by atomic mass is 10.1. The Labute approximate surface area is 121 Å². The van der Waals surface area contributed by atoms with Crippen LogP contribution in [0.5, 0.6) is 0 Å². The van der Waals surface area contributed by atoms with E-state index in [1.54, 1.807) is 7.11 Å². The summed E-state index contributed by atoms with van der Waals surface area (Å²) >= 11 is 0. The first kappa shape index (κ1) is 16.7. The molecule has 1 amide bonds. The lowest BCUT2D eigenvalue weighted by Crippen LogP contribution is -2.42. The van der Waals surface area contributed by atoms with Crippen LogP contribution in [0, 0.1) is 0 Å². The van der Waals surface area contributed by atoms with E-state index < -0.39 is 0 Å². The predicted octanol–water partition coefficient (Wildman–Crippen LogP) is 1.75. The monoisotopic (exact) mass is 278 g/mol. The molecule has 4 nitrogen and oxygen atoms in total. The van der Waals surface area contributed by atoms with E-state index in [1.807, 2.05) is 32.0 Å². The summed E-state index contributed by atoms with van der Waals surface area (Å²) < 4.78 is 5.01. The van der Waals surface area contributed by atoms with Crippen LogP contribution in [0.2, 0.25) is 0 Å². The molecule has 112 valence electrons. The van der Waals surface area contributed by atoms with Crippen LogP contribution in [0.1, 0.15) is 25.8 Å². The van der Waals surface area contributed by atoms with Crippen LogP contribution in [0.25, 0.3) is 0 Å². The lowest BCUT2D eigenvalue weighted by molar-refractivity contribution is -0.121. The van der Waals surface area contributed by atoms with Crippen molar-refractivity contribution < 1.29 is 9.53 Å². The summed E-state index contributed by atoms with van der Waals surface area (Å²) in [7, 11) is 1.66. The fourth-order valence-electron chi connectivity index (χ4n) is 2.00. The van der Waals surface area contributed by atoms with Crippen molar-refractivity contribution >= 4 is 5.91 Å². The molecule has 0 aliphatic rings. The van der Waals surface area contributed by atoms with Gasteiger partial charge in [0.1, 0.15) is 0 Å². The van der Waals surface area contributed by atoms with Gasteiger partial charge in [-0.3, -0.25) is 4.79 Å². The summed E-state index contributed by atoms with van der Waals surface area (Å²) in [6.07, 6.45) is 1.93. The molecule has 1 rings (SSSR count). The topological polar surface area (TPSA) is 50.4 Å². The maximum atomic E-state index is 11.8. The van der Waals surface area contributed by atoms with Crippen LogP contribution in [-0.2, 0) is 16.0 Å². The van der Waals surface area contributed by atoms with E-state index in [-0.39, 0.29) is 18.0 Å². The average Bonchev–Trinajstić information content (AvgIpc) is 2.44. The molecule has 0 fully saturated rings. The molecule has 1 aromatic carbocycles. The molecule has 2 atom stereocenters. The van der Waals surface area contributed by atoms with Crippen molar-refractivity contribution in [1.82, 2.24) is 10.6 Å². The van der Waals surface area contributed by atoms with Gasteiger partial charge in [-0.05, 0) is 32.3 Å². The molecule has 0 heterocycles. The molecule has 2 N–H and O–H groups in total. The van der Waals surface area contributed by atoms with Gasteiger partial charge in [-0.2, -0.15) is 0 Å². The Morgan fingerprint density at radius 3 is 2.55 bits per heavy atom. The zero-order chi connectivity index (χ0) is 14.8. The van der Waals surface area contributed by atoms with Gasteiger partial charge in [0, 0.05) is 19.2 Å². The first-order valence-electron chi connectivity index (χ1n) is 7.17. The second-order valence-electron chi connectivity index (χ2n) is 5.23. The van der Waals surface area contributed by atoms with E-state index >= 15 is 0 Å². The predicted molar refractivity (Wildman–Crippen MR) is 81.7 cm³/mol. The van der Waals surface area contributed by atoms with Crippen LogP contribution in [0.4, 0.5) is 0 Å². The third-order valence-corrected chi connectivity index (χ3v) is 3.14. The van der Waals surface area contributed by atoms with Crippen molar-refractivity contribution in [1.29, 1.82) is 0 Å². The van der Waals surface area contributed by atoms with Crippen LogP contribution in [0.15, 0.2) is 30.3 Å². The summed E-state index contributed by atoms with van der Waals surface area (Å²) in [6.45, 7) is 4.98. The molecule has 4 heteroatoms. The normalized spacial score (nSPS) is 13.8. The van der Waals surface area contributed by atoms with Crippen molar-refractivity contribution in [2.45, 2.75) is 38.8 Å². The zero-order valence-corrected chi connectivity index (χ0v) is 12.7. The average molecular weight is 278 g/mol. The molecule has 0 radical (unpaired) electrons. The number of amides is 1. The Balaban J connectivity index is 2.18. The van der Waals surface area contributed by atoms with Crippen LogP contribution >= 0.6 is 0 Å². The molecular weight excluding hydrogens is 252 g/mol. The van der Waals surface area contributed by atoms with E-state index in [4.69, 9.17) is 4.74 Å². The molecule has 0 saturated carbocycles. The van der Waals surface area contributed by atoms with Crippen molar-refractivity contribution in [2.75, 3.05) is 20.3 Å². The highest BCUT2D eigenvalue weighted by atomic mass is 16.5. The molecule has 0 spiro atoms. The maximum Gasteiger partial charge on any atom is 0.234 e. The maximum absolute atomic E-state index is 11.8. The molecule has 20 heavy (non-hydrogen) atoms. The molecular formula is C16H26N2O2. The van der Waals surface area contributed by atoms with Gasteiger partial charge in [0.15, 0.2) is 0 Å². The summed E-state index contributed by atoms with van der Waals surface area (Å²) in [4.78, 5) is 11.8. The number of hydrogen-bond donors (Lipinski definition) is 2. The molecule has 0 aromatic heterocycles.